The molecular weight excluding hydrogens is 362 g/mol. The number of nitrogens with one attached hydrogen (secondary N) is 2. The predicted molar refractivity (Wildman–Crippen MR) is 97.2 cm³/mol. The van der Waals surface area contributed by atoms with Crippen LogP contribution in [0.5, 0.6) is 0 Å². The van der Waals surface area contributed by atoms with Crippen LogP contribution < -0.4 is 10.0 Å². The molecule has 128 valence electrons. The third-order valence-electron chi connectivity index (χ3n) is 3.22. The number of nitrogens with zero attached hydrogens (tertiary/aromatic N) is 1. The van der Waals surface area contributed by atoms with Crippen LogP contribution in [0.4, 0.5) is 10.5 Å². The van der Waals surface area contributed by atoms with Gasteiger partial charge in [-0.15, -0.1) is 0 Å². The summed E-state index contributed by atoms with van der Waals surface area (Å²) < 4.78 is 24.9. The van der Waals surface area contributed by atoms with Gasteiger partial charge in [0.2, 0.25) is 10.0 Å². The van der Waals surface area contributed by atoms with Gasteiger partial charge in [0.05, 0.1) is 11.2 Å². The summed E-state index contributed by atoms with van der Waals surface area (Å²) in [7, 11) is -3.32. The number of pyridine rings is 1. The molecule has 0 radical (unpaired) electrons. The molecule has 2 amide bonds. The lowest BCUT2D eigenvalue weighted by atomic mass is 10.1. The van der Waals surface area contributed by atoms with Crippen molar-refractivity contribution in [3.63, 3.8) is 0 Å². The average Bonchev–Trinajstić information content (AvgIpc) is 2.84. The largest absolute Gasteiger partial charge is 0.290 e. The minimum absolute atomic E-state index is 0.316. The molecule has 3 rings (SSSR count). The van der Waals surface area contributed by atoms with Crippen LogP contribution in [0.2, 0.25) is 0 Å². The number of thioether (sulfide) groups is 1. The first-order chi connectivity index (χ1) is 11.8. The molecule has 7 nitrogen and oxygen atoms in total. The molecule has 1 aliphatic heterocycles. The van der Waals surface area contributed by atoms with Gasteiger partial charge in [-0.05, 0) is 47.2 Å². The van der Waals surface area contributed by atoms with Gasteiger partial charge in [0.25, 0.3) is 11.1 Å². The molecule has 0 unspecified atom stereocenters. The van der Waals surface area contributed by atoms with Crippen LogP contribution in [0.15, 0.2) is 47.6 Å². The molecule has 1 aliphatic rings. The Hall–Kier alpha value is -2.65. The molecule has 0 bridgehead atoms. The van der Waals surface area contributed by atoms with Crippen molar-refractivity contribution in [2.75, 3.05) is 11.0 Å². The number of hydrogen-bond donors (Lipinski definition) is 2. The SMILES string of the molecule is CS(=O)(=O)Nc1ccc(-c2cncc(/C=C3\SC(=O)NC3=O)c2)cc1. The molecule has 1 aromatic carbocycles. The number of amides is 2. The Bertz CT molecular complexity index is 983. The molecule has 2 heterocycles. The summed E-state index contributed by atoms with van der Waals surface area (Å²) in [4.78, 5) is 27.3. The van der Waals surface area contributed by atoms with Crippen LogP contribution >= 0.6 is 11.8 Å². The van der Waals surface area contributed by atoms with Gasteiger partial charge in [0, 0.05) is 23.6 Å². The van der Waals surface area contributed by atoms with E-state index in [-0.39, 0.29) is 0 Å². The van der Waals surface area contributed by atoms with Crippen LogP contribution in [0.1, 0.15) is 5.56 Å². The zero-order valence-electron chi connectivity index (χ0n) is 13.0. The van der Waals surface area contributed by atoms with Crippen molar-refractivity contribution >= 4 is 44.7 Å². The summed E-state index contributed by atoms with van der Waals surface area (Å²) in [6.45, 7) is 0. The Labute approximate surface area is 148 Å². The van der Waals surface area contributed by atoms with Gasteiger partial charge in [-0.2, -0.15) is 0 Å². The van der Waals surface area contributed by atoms with Gasteiger partial charge in [0.15, 0.2) is 0 Å². The molecule has 2 aromatic rings. The first-order valence-corrected chi connectivity index (χ1v) is 9.79. The second-order valence-electron chi connectivity index (χ2n) is 5.31. The van der Waals surface area contributed by atoms with Gasteiger partial charge in [-0.25, -0.2) is 8.42 Å². The summed E-state index contributed by atoms with van der Waals surface area (Å²) in [6.07, 6.45) is 5.94. The van der Waals surface area contributed by atoms with E-state index in [4.69, 9.17) is 0 Å². The molecule has 0 spiro atoms. The number of benzene rings is 1. The van der Waals surface area contributed by atoms with Gasteiger partial charge < -0.3 is 0 Å². The molecule has 1 fully saturated rings. The fraction of sp³-hybridized carbons (Fsp3) is 0.0625. The minimum atomic E-state index is -3.32. The highest BCUT2D eigenvalue weighted by molar-refractivity contribution is 8.18. The van der Waals surface area contributed by atoms with E-state index in [1.165, 1.54) is 0 Å². The molecular formula is C16H13N3O4S2. The van der Waals surface area contributed by atoms with Crippen molar-refractivity contribution in [1.29, 1.82) is 0 Å². The first-order valence-electron chi connectivity index (χ1n) is 7.08. The highest BCUT2D eigenvalue weighted by Gasteiger charge is 2.24. The number of carbonyl (C=O) groups is 2. The molecule has 0 saturated carbocycles. The number of rotatable bonds is 4. The van der Waals surface area contributed by atoms with Crippen LogP contribution in [0.25, 0.3) is 17.2 Å². The van der Waals surface area contributed by atoms with Crippen molar-refractivity contribution in [3.8, 4) is 11.1 Å². The third kappa shape index (κ3) is 4.46. The van der Waals surface area contributed by atoms with E-state index in [1.54, 1.807) is 42.7 Å². The molecule has 9 heteroatoms. The second kappa shape index (κ2) is 6.69. The maximum absolute atomic E-state index is 11.6. The summed E-state index contributed by atoms with van der Waals surface area (Å²) in [5, 5.41) is 1.80. The van der Waals surface area contributed by atoms with E-state index in [2.05, 4.69) is 15.0 Å². The molecule has 1 saturated heterocycles. The number of imide groups is 1. The monoisotopic (exact) mass is 375 g/mol. The van der Waals surface area contributed by atoms with Crippen LogP contribution in [0, 0.1) is 0 Å². The van der Waals surface area contributed by atoms with Crippen LogP contribution in [0.3, 0.4) is 0 Å². The summed E-state index contributed by atoms with van der Waals surface area (Å²) in [5.74, 6) is -0.420. The standard InChI is InChI=1S/C16H13N3O4S2/c1-25(22,23)19-13-4-2-11(3-5-13)12-6-10(8-17-9-12)7-14-15(20)18-16(21)24-14/h2-9,19H,1H3,(H,18,20,21)/b14-7-. The Kier molecular flexibility index (Phi) is 4.60. The van der Waals surface area contributed by atoms with E-state index < -0.39 is 21.2 Å². The number of anilines is 1. The fourth-order valence-corrected chi connectivity index (χ4v) is 3.46. The van der Waals surface area contributed by atoms with E-state index in [1.807, 2.05) is 6.07 Å². The Morgan fingerprint density at radius 1 is 1.12 bits per heavy atom. The van der Waals surface area contributed by atoms with Gasteiger partial charge >= 0.3 is 0 Å². The third-order valence-corrected chi connectivity index (χ3v) is 4.64. The van der Waals surface area contributed by atoms with E-state index in [0.29, 0.717) is 16.2 Å². The molecule has 25 heavy (non-hydrogen) atoms. The Morgan fingerprint density at radius 3 is 2.44 bits per heavy atom. The van der Waals surface area contributed by atoms with E-state index in [0.717, 1.165) is 29.1 Å². The molecule has 1 aromatic heterocycles. The van der Waals surface area contributed by atoms with Crippen LogP contribution in [-0.4, -0.2) is 30.8 Å². The highest BCUT2D eigenvalue weighted by Crippen LogP contribution is 2.27. The summed E-state index contributed by atoms with van der Waals surface area (Å²) >= 11 is 0.846. The molecule has 0 atom stereocenters. The quantitative estimate of drug-likeness (QED) is 0.795. The normalized spacial score (nSPS) is 16.1. The lowest BCUT2D eigenvalue weighted by molar-refractivity contribution is -0.115. The van der Waals surface area contributed by atoms with Crippen molar-refractivity contribution in [3.05, 3.63) is 53.2 Å². The van der Waals surface area contributed by atoms with Crippen molar-refractivity contribution in [2.45, 2.75) is 0 Å². The zero-order valence-corrected chi connectivity index (χ0v) is 14.6. The molecule has 2 N–H and O–H groups in total. The lowest BCUT2D eigenvalue weighted by Crippen LogP contribution is -2.17. The van der Waals surface area contributed by atoms with Crippen LogP contribution in [-0.2, 0) is 14.8 Å². The maximum Gasteiger partial charge on any atom is 0.290 e. The number of hydrogen-bond acceptors (Lipinski definition) is 6. The number of aromatic nitrogens is 1. The highest BCUT2D eigenvalue weighted by atomic mass is 32.2. The second-order valence-corrected chi connectivity index (χ2v) is 8.07. The van der Waals surface area contributed by atoms with Crippen molar-refractivity contribution in [1.82, 2.24) is 10.3 Å². The zero-order chi connectivity index (χ0) is 18.0. The first kappa shape index (κ1) is 17.2. The summed E-state index contributed by atoms with van der Waals surface area (Å²) in [5.41, 5.74) is 2.79. The maximum atomic E-state index is 11.6. The Balaban J connectivity index is 1.85. The summed E-state index contributed by atoms with van der Waals surface area (Å²) in [6, 6.07) is 8.67. The lowest BCUT2D eigenvalue weighted by Gasteiger charge is -2.06. The van der Waals surface area contributed by atoms with Crippen molar-refractivity contribution in [2.24, 2.45) is 0 Å². The van der Waals surface area contributed by atoms with E-state index >= 15 is 0 Å². The molecule has 0 aliphatic carbocycles. The average molecular weight is 375 g/mol. The smallest absolute Gasteiger partial charge is 0.284 e. The Morgan fingerprint density at radius 2 is 1.84 bits per heavy atom. The predicted octanol–water partition coefficient (Wildman–Crippen LogP) is 2.44. The topological polar surface area (TPSA) is 105 Å². The minimum Gasteiger partial charge on any atom is -0.284 e. The van der Waals surface area contributed by atoms with E-state index in [9.17, 15) is 18.0 Å². The number of carbonyl (C=O) groups excluding carboxylic acids is 2. The fourth-order valence-electron chi connectivity index (χ4n) is 2.21. The van der Waals surface area contributed by atoms with Gasteiger partial charge in [0.1, 0.15) is 0 Å². The number of sulfonamides is 1. The van der Waals surface area contributed by atoms with Crippen molar-refractivity contribution < 1.29 is 18.0 Å². The van der Waals surface area contributed by atoms with Gasteiger partial charge in [-0.3, -0.25) is 24.6 Å². The van der Waals surface area contributed by atoms with Gasteiger partial charge in [-0.1, -0.05) is 12.1 Å².